The number of anilines is 1. The van der Waals surface area contributed by atoms with E-state index in [0.29, 0.717) is 17.2 Å². The molecule has 7 heteroatoms. The molecule has 0 saturated carbocycles. The maximum absolute atomic E-state index is 13.1. The fraction of sp³-hybridized carbons (Fsp3) is 0.296. The van der Waals surface area contributed by atoms with Crippen molar-refractivity contribution in [2.75, 3.05) is 10.6 Å². The molecular weight excluding hydrogens is 448 g/mol. The molecule has 3 rings (SSSR count). The Hall–Kier alpha value is -3.32. The largest absolute Gasteiger partial charge is 0.457 e. The third-order valence-corrected chi connectivity index (χ3v) is 7.11. The number of para-hydroxylation sites is 1. The summed E-state index contributed by atoms with van der Waals surface area (Å²) in [6.45, 7) is 9.59. The van der Waals surface area contributed by atoms with E-state index < -0.39 is 16.1 Å². The first-order chi connectivity index (χ1) is 16.0. The maximum Gasteiger partial charge on any atom is 0.244 e. The normalized spacial score (nSPS) is 13.1. The lowest BCUT2D eigenvalue weighted by molar-refractivity contribution is -0.122. The van der Waals surface area contributed by atoms with Crippen LogP contribution in [-0.4, -0.2) is 26.6 Å². The van der Waals surface area contributed by atoms with Crippen molar-refractivity contribution in [1.82, 2.24) is 5.32 Å². The molecule has 34 heavy (non-hydrogen) atoms. The van der Waals surface area contributed by atoms with Crippen molar-refractivity contribution in [1.29, 1.82) is 0 Å². The third-order valence-electron chi connectivity index (χ3n) is 5.87. The van der Waals surface area contributed by atoms with Gasteiger partial charge in [0.1, 0.15) is 17.5 Å². The van der Waals surface area contributed by atoms with Crippen molar-refractivity contribution in [2.45, 2.75) is 46.7 Å². The summed E-state index contributed by atoms with van der Waals surface area (Å²) < 4.78 is 32.2. The Morgan fingerprint density at radius 2 is 1.41 bits per heavy atom. The second kappa shape index (κ2) is 10.3. The van der Waals surface area contributed by atoms with Crippen LogP contribution in [0.1, 0.15) is 42.1 Å². The van der Waals surface area contributed by atoms with E-state index in [2.05, 4.69) is 24.4 Å². The highest BCUT2D eigenvalue weighted by Gasteiger charge is 2.30. The van der Waals surface area contributed by atoms with Crippen molar-refractivity contribution in [2.24, 2.45) is 0 Å². The number of nitrogens with one attached hydrogen (secondary N) is 1. The summed E-state index contributed by atoms with van der Waals surface area (Å²) >= 11 is 0. The van der Waals surface area contributed by atoms with Gasteiger partial charge in [-0.05, 0) is 93.3 Å². The van der Waals surface area contributed by atoms with E-state index in [9.17, 15) is 13.2 Å². The molecule has 1 N–H and O–H groups in total. The molecule has 2 atom stereocenters. The van der Waals surface area contributed by atoms with Crippen molar-refractivity contribution < 1.29 is 17.9 Å². The van der Waals surface area contributed by atoms with Gasteiger partial charge in [0, 0.05) is 0 Å². The zero-order valence-electron chi connectivity index (χ0n) is 20.5. The zero-order chi connectivity index (χ0) is 25.0. The molecule has 0 unspecified atom stereocenters. The molecule has 0 spiro atoms. The second-order valence-corrected chi connectivity index (χ2v) is 10.5. The van der Waals surface area contributed by atoms with Crippen LogP contribution in [0.4, 0.5) is 5.69 Å². The molecule has 1 amide bonds. The minimum atomic E-state index is -3.72. The van der Waals surface area contributed by atoms with Crippen LogP contribution in [0.3, 0.4) is 0 Å². The van der Waals surface area contributed by atoms with Crippen LogP contribution in [0.2, 0.25) is 0 Å². The van der Waals surface area contributed by atoms with E-state index in [0.717, 1.165) is 27.3 Å². The van der Waals surface area contributed by atoms with E-state index >= 15 is 0 Å². The topological polar surface area (TPSA) is 75.7 Å². The monoisotopic (exact) mass is 480 g/mol. The van der Waals surface area contributed by atoms with Gasteiger partial charge in [-0.25, -0.2) is 8.42 Å². The van der Waals surface area contributed by atoms with Crippen LogP contribution >= 0.6 is 0 Å². The minimum absolute atomic E-state index is 0.266. The number of hydrogen-bond donors (Lipinski definition) is 1. The summed E-state index contributed by atoms with van der Waals surface area (Å²) in [5, 5.41) is 2.98. The van der Waals surface area contributed by atoms with Crippen LogP contribution < -0.4 is 14.4 Å². The standard InChI is InChI=1S/C27H32N2O4S/c1-18-16-20(3)26(17-19(18)2)21(4)28-27(30)22(5)29(34(6,31)32)23-12-14-25(15-13-23)33-24-10-8-7-9-11-24/h7-17,21-22H,1-6H3,(H,28,30)/t21-,22-/m0/s1. The van der Waals surface area contributed by atoms with Crippen LogP contribution in [0.25, 0.3) is 0 Å². The van der Waals surface area contributed by atoms with Gasteiger partial charge in [0.25, 0.3) is 0 Å². The Morgan fingerprint density at radius 3 is 2.00 bits per heavy atom. The smallest absolute Gasteiger partial charge is 0.244 e. The van der Waals surface area contributed by atoms with E-state index in [1.807, 2.05) is 51.1 Å². The van der Waals surface area contributed by atoms with Crippen molar-refractivity contribution in [3.63, 3.8) is 0 Å². The average Bonchev–Trinajstić information content (AvgIpc) is 2.77. The number of carbonyl (C=O) groups excluding carboxylic acids is 1. The van der Waals surface area contributed by atoms with Crippen LogP contribution in [-0.2, 0) is 14.8 Å². The number of sulfonamides is 1. The predicted octanol–water partition coefficient (Wildman–Crippen LogP) is 5.44. The van der Waals surface area contributed by atoms with Crippen molar-refractivity contribution in [3.8, 4) is 11.5 Å². The molecule has 3 aromatic rings. The summed E-state index contributed by atoms with van der Waals surface area (Å²) in [6, 6.07) is 18.9. The van der Waals surface area contributed by atoms with E-state index in [1.54, 1.807) is 31.2 Å². The highest BCUT2D eigenvalue weighted by Crippen LogP contribution is 2.27. The molecular formula is C27H32N2O4S. The first-order valence-electron chi connectivity index (χ1n) is 11.2. The first-order valence-corrected chi connectivity index (χ1v) is 13.0. The van der Waals surface area contributed by atoms with Gasteiger partial charge in [-0.2, -0.15) is 0 Å². The molecule has 0 aliphatic carbocycles. The van der Waals surface area contributed by atoms with Crippen molar-refractivity contribution in [3.05, 3.63) is 89.0 Å². The lowest BCUT2D eigenvalue weighted by Gasteiger charge is -2.29. The third kappa shape index (κ3) is 5.97. The SMILES string of the molecule is Cc1cc(C)c([C@H](C)NC(=O)[C@H](C)N(c2ccc(Oc3ccccc3)cc2)S(C)(=O)=O)cc1C. The zero-order valence-corrected chi connectivity index (χ0v) is 21.3. The van der Waals surface area contributed by atoms with Gasteiger partial charge in [-0.3, -0.25) is 9.10 Å². The number of nitrogens with zero attached hydrogens (tertiary/aromatic N) is 1. The molecule has 0 saturated heterocycles. The van der Waals surface area contributed by atoms with Crippen molar-refractivity contribution >= 4 is 21.6 Å². The molecule has 0 heterocycles. The summed E-state index contributed by atoms with van der Waals surface area (Å²) in [4.78, 5) is 13.1. The molecule has 3 aromatic carbocycles. The average molecular weight is 481 g/mol. The molecule has 0 radical (unpaired) electrons. The number of aryl methyl sites for hydroxylation is 3. The van der Waals surface area contributed by atoms with Gasteiger partial charge in [0.05, 0.1) is 18.0 Å². The van der Waals surface area contributed by atoms with E-state index in [4.69, 9.17) is 4.74 Å². The maximum atomic E-state index is 13.1. The Morgan fingerprint density at radius 1 is 0.853 bits per heavy atom. The van der Waals surface area contributed by atoms with Gasteiger partial charge < -0.3 is 10.1 Å². The Labute approximate surface area is 202 Å². The Kier molecular flexibility index (Phi) is 7.67. The minimum Gasteiger partial charge on any atom is -0.457 e. The van der Waals surface area contributed by atoms with Gasteiger partial charge >= 0.3 is 0 Å². The number of hydrogen-bond acceptors (Lipinski definition) is 4. The van der Waals surface area contributed by atoms with Gasteiger partial charge in [-0.1, -0.05) is 30.3 Å². The molecule has 0 aliphatic rings. The quantitative estimate of drug-likeness (QED) is 0.466. The summed E-state index contributed by atoms with van der Waals surface area (Å²) in [5.41, 5.74) is 4.82. The highest BCUT2D eigenvalue weighted by molar-refractivity contribution is 7.92. The number of rotatable bonds is 8. The molecule has 0 aromatic heterocycles. The Balaban J connectivity index is 1.79. The van der Waals surface area contributed by atoms with Crippen LogP contribution in [0.15, 0.2) is 66.7 Å². The lowest BCUT2D eigenvalue weighted by Crippen LogP contribution is -2.48. The summed E-state index contributed by atoms with van der Waals surface area (Å²) in [7, 11) is -3.72. The second-order valence-electron chi connectivity index (χ2n) is 8.67. The molecule has 0 fully saturated rings. The van der Waals surface area contributed by atoms with E-state index in [-0.39, 0.29) is 11.9 Å². The van der Waals surface area contributed by atoms with Gasteiger partial charge in [-0.15, -0.1) is 0 Å². The predicted molar refractivity (Wildman–Crippen MR) is 137 cm³/mol. The molecule has 6 nitrogen and oxygen atoms in total. The van der Waals surface area contributed by atoms with E-state index in [1.165, 1.54) is 5.56 Å². The number of benzene rings is 3. The fourth-order valence-corrected chi connectivity index (χ4v) is 5.13. The van der Waals surface area contributed by atoms with Crippen LogP contribution in [0.5, 0.6) is 11.5 Å². The number of amides is 1. The Bertz CT molecular complexity index is 1260. The fourth-order valence-electron chi connectivity index (χ4n) is 3.96. The summed E-state index contributed by atoms with van der Waals surface area (Å²) in [6.07, 6.45) is 1.10. The number of ether oxygens (including phenoxy) is 1. The first kappa shape index (κ1) is 25.3. The molecule has 0 aliphatic heterocycles. The molecule has 0 bridgehead atoms. The van der Waals surface area contributed by atoms with Crippen LogP contribution in [0, 0.1) is 20.8 Å². The highest BCUT2D eigenvalue weighted by atomic mass is 32.2. The number of carbonyl (C=O) groups is 1. The summed E-state index contributed by atoms with van der Waals surface area (Å²) in [5.74, 6) is 0.873. The van der Waals surface area contributed by atoms with Gasteiger partial charge in [0.2, 0.25) is 15.9 Å². The molecule has 180 valence electrons. The lowest BCUT2D eigenvalue weighted by atomic mass is 9.96. The van der Waals surface area contributed by atoms with Gasteiger partial charge in [0.15, 0.2) is 0 Å².